The molecule has 0 bridgehead atoms. The van der Waals surface area contributed by atoms with Gasteiger partial charge in [-0.3, -0.25) is 14.4 Å². The van der Waals surface area contributed by atoms with Gasteiger partial charge < -0.3 is 16.8 Å². The van der Waals surface area contributed by atoms with Gasteiger partial charge in [-0.15, -0.1) is 0 Å². The van der Waals surface area contributed by atoms with Crippen LogP contribution >= 0.6 is 0 Å². The van der Waals surface area contributed by atoms with E-state index in [-0.39, 0.29) is 16.8 Å². The van der Waals surface area contributed by atoms with E-state index in [1.165, 1.54) is 0 Å². The van der Waals surface area contributed by atoms with Crippen LogP contribution in [0.15, 0.2) is 42.5 Å². The molecule has 0 fully saturated rings. The van der Waals surface area contributed by atoms with Crippen LogP contribution in [0.25, 0.3) is 5.69 Å². The van der Waals surface area contributed by atoms with Crippen molar-refractivity contribution in [1.29, 1.82) is 0 Å². The Bertz CT molecular complexity index is 1270. The van der Waals surface area contributed by atoms with Gasteiger partial charge in [0.1, 0.15) is 0 Å². The smallest absolute Gasteiger partial charge is 0.250 e. The van der Waals surface area contributed by atoms with E-state index in [9.17, 15) is 14.4 Å². The Kier molecular flexibility index (Phi) is 5.08. The molecule has 4 rings (SSSR count). The van der Waals surface area contributed by atoms with Gasteiger partial charge in [0, 0.05) is 17.7 Å². The fourth-order valence-electron chi connectivity index (χ4n) is 4.24. The lowest BCUT2D eigenvalue weighted by molar-refractivity contribution is 0.0908. The first kappa shape index (κ1) is 21.3. The Hall–Kier alpha value is -3.94. The maximum absolute atomic E-state index is 12.7. The second-order valence-electron chi connectivity index (χ2n) is 8.92. The molecule has 0 atom stereocenters. The van der Waals surface area contributed by atoms with Crippen LogP contribution in [0.2, 0.25) is 0 Å². The van der Waals surface area contributed by atoms with Gasteiger partial charge in [-0.25, -0.2) is 4.68 Å². The second-order valence-corrected chi connectivity index (χ2v) is 8.92. The molecule has 8 heteroatoms. The molecule has 1 aliphatic carbocycles. The third-order valence-corrected chi connectivity index (χ3v) is 5.66. The number of benzene rings is 2. The highest BCUT2D eigenvalue weighted by atomic mass is 16.1. The van der Waals surface area contributed by atoms with Crippen LogP contribution in [0.5, 0.6) is 0 Å². The number of amides is 2. The number of nitrogens with two attached hydrogens (primary N) is 2. The van der Waals surface area contributed by atoms with Crippen LogP contribution in [0.3, 0.4) is 0 Å². The van der Waals surface area contributed by atoms with Crippen molar-refractivity contribution >= 4 is 29.0 Å². The number of primary amides is 2. The number of Topliss-reactive ketones (excluding diaryl/α,β-unsaturated/α-hetero) is 1. The predicted molar refractivity (Wildman–Crippen MR) is 121 cm³/mol. The zero-order chi connectivity index (χ0) is 23.2. The molecule has 0 saturated heterocycles. The van der Waals surface area contributed by atoms with Crippen molar-refractivity contribution in [2.75, 3.05) is 5.32 Å². The average molecular weight is 431 g/mol. The molecule has 2 aromatic carbocycles. The zero-order valence-corrected chi connectivity index (χ0v) is 18.2. The summed E-state index contributed by atoms with van der Waals surface area (Å²) in [4.78, 5) is 36.3. The molecule has 2 amide bonds. The number of hydrogen-bond acceptors (Lipinski definition) is 5. The molecule has 1 heterocycles. The first-order valence-corrected chi connectivity index (χ1v) is 10.3. The molecular weight excluding hydrogens is 406 g/mol. The minimum Gasteiger partial charge on any atom is -0.366 e. The number of ketones is 1. The summed E-state index contributed by atoms with van der Waals surface area (Å²) < 4.78 is 1.76. The number of nitrogens with zero attached hydrogens (tertiary/aromatic N) is 2. The minimum absolute atomic E-state index is 0.0929. The zero-order valence-electron chi connectivity index (χ0n) is 18.2. The summed E-state index contributed by atoms with van der Waals surface area (Å²) in [5, 5.41) is 7.78. The number of fused-ring (bicyclic) bond motifs is 1. The number of aryl methyl sites for hydroxylation is 1. The van der Waals surface area contributed by atoms with E-state index in [0.29, 0.717) is 46.7 Å². The third kappa shape index (κ3) is 3.87. The molecule has 0 radical (unpaired) electrons. The Morgan fingerprint density at radius 1 is 1.06 bits per heavy atom. The lowest BCUT2D eigenvalue weighted by Crippen LogP contribution is -2.28. The molecule has 5 N–H and O–H groups in total. The van der Waals surface area contributed by atoms with Crippen LogP contribution in [0.4, 0.5) is 11.4 Å². The van der Waals surface area contributed by atoms with Crippen molar-refractivity contribution in [1.82, 2.24) is 9.78 Å². The summed E-state index contributed by atoms with van der Waals surface area (Å²) in [5.74, 6) is -1.06. The van der Waals surface area contributed by atoms with Crippen molar-refractivity contribution in [3.63, 3.8) is 0 Å². The van der Waals surface area contributed by atoms with Gasteiger partial charge in [-0.05, 0) is 55.2 Å². The van der Waals surface area contributed by atoms with Gasteiger partial charge in [-0.1, -0.05) is 19.9 Å². The SMILES string of the molecule is Cc1nn(-c2ccc(C(N)=O)c(Nc3cccc(C(N)=O)c3)c2)c2c1C(=O)CC(C)(C)C2. The summed E-state index contributed by atoms with van der Waals surface area (Å²) in [6, 6.07) is 11.8. The van der Waals surface area contributed by atoms with Gasteiger partial charge >= 0.3 is 0 Å². The molecule has 0 aliphatic heterocycles. The van der Waals surface area contributed by atoms with E-state index in [1.54, 1.807) is 47.1 Å². The third-order valence-electron chi connectivity index (χ3n) is 5.66. The second kappa shape index (κ2) is 7.64. The van der Waals surface area contributed by atoms with Crippen molar-refractivity contribution in [3.05, 3.63) is 70.5 Å². The van der Waals surface area contributed by atoms with Gasteiger partial charge in [0.05, 0.1) is 33.9 Å². The standard InChI is InChI=1S/C24H25N5O3/c1-13-21-19(11-24(2,3)12-20(21)30)29(28-13)16-7-8-17(23(26)32)18(10-16)27-15-6-4-5-14(9-15)22(25)31/h4-10,27H,11-12H2,1-3H3,(H2,25,31)(H2,26,32). The summed E-state index contributed by atoms with van der Waals surface area (Å²) in [7, 11) is 0. The van der Waals surface area contributed by atoms with Crippen LogP contribution < -0.4 is 16.8 Å². The first-order chi connectivity index (χ1) is 15.1. The Balaban J connectivity index is 1.81. The molecular formula is C24H25N5O3. The number of aromatic nitrogens is 2. The van der Waals surface area contributed by atoms with Crippen molar-refractivity contribution in [2.24, 2.45) is 16.9 Å². The Morgan fingerprint density at radius 3 is 2.50 bits per heavy atom. The van der Waals surface area contributed by atoms with Crippen molar-refractivity contribution < 1.29 is 14.4 Å². The number of hydrogen-bond donors (Lipinski definition) is 3. The first-order valence-electron chi connectivity index (χ1n) is 10.3. The lowest BCUT2D eigenvalue weighted by atomic mass is 9.75. The van der Waals surface area contributed by atoms with Crippen LogP contribution in [0, 0.1) is 12.3 Å². The minimum atomic E-state index is -0.597. The van der Waals surface area contributed by atoms with Gasteiger partial charge in [0.25, 0.3) is 5.91 Å². The predicted octanol–water partition coefficient (Wildman–Crippen LogP) is 3.28. The number of carbonyl (C=O) groups excluding carboxylic acids is 3. The van der Waals surface area contributed by atoms with Gasteiger partial charge in [0.2, 0.25) is 5.91 Å². The lowest BCUT2D eigenvalue weighted by Gasteiger charge is -2.29. The Morgan fingerprint density at radius 2 is 1.81 bits per heavy atom. The van der Waals surface area contributed by atoms with E-state index in [2.05, 4.69) is 24.3 Å². The molecule has 0 saturated carbocycles. The quantitative estimate of drug-likeness (QED) is 0.570. The molecule has 3 aromatic rings. The van der Waals surface area contributed by atoms with E-state index in [0.717, 1.165) is 5.69 Å². The van der Waals surface area contributed by atoms with Gasteiger partial charge in [0.15, 0.2) is 5.78 Å². The normalized spacial score (nSPS) is 14.7. The molecule has 1 aliphatic rings. The van der Waals surface area contributed by atoms with Crippen LogP contribution in [-0.2, 0) is 6.42 Å². The number of rotatable bonds is 5. The molecule has 32 heavy (non-hydrogen) atoms. The van der Waals surface area contributed by atoms with E-state index in [4.69, 9.17) is 11.5 Å². The Labute approximate surface area is 185 Å². The number of nitrogens with one attached hydrogen (secondary N) is 1. The number of carbonyl (C=O) groups is 3. The van der Waals surface area contributed by atoms with Crippen molar-refractivity contribution in [3.8, 4) is 5.69 Å². The van der Waals surface area contributed by atoms with Crippen LogP contribution in [0.1, 0.15) is 62.7 Å². The monoisotopic (exact) mass is 431 g/mol. The molecule has 164 valence electrons. The average Bonchev–Trinajstić information content (AvgIpc) is 3.03. The fraction of sp³-hybridized carbons (Fsp3) is 0.250. The number of anilines is 2. The summed E-state index contributed by atoms with van der Waals surface area (Å²) in [5.41, 5.74) is 15.4. The summed E-state index contributed by atoms with van der Waals surface area (Å²) >= 11 is 0. The van der Waals surface area contributed by atoms with Crippen LogP contribution in [-0.4, -0.2) is 27.4 Å². The molecule has 0 spiro atoms. The van der Waals surface area contributed by atoms with E-state index in [1.807, 2.05) is 6.92 Å². The molecule has 8 nitrogen and oxygen atoms in total. The topological polar surface area (TPSA) is 133 Å². The fourth-order valence-corrected chi connectivity index (χ4v) is 4.24. The summed E-state index contributed by atoms with van der Waals surface area (Å²) in [6.07, 6.45) is 1.19. The molecule has 1 aromatic heterocycles. The highest BCUT2D eigenvalue weighted by Crippen LogP contribution is 2.37. The summed E-state index contributed by atoms with van der Waals surface area (Å²) in [6.45, 7) is 5.96. The van der Waals surface area contributed by atoms with Gasteiger partial charge in [-0.2, -0.15) is 5.10 Å². The maximum Gasteiger partial charge on any atom is 0.250 e. The molecule has 0 unspecified atom stereocenters. The van der Waals surface area contributed by atoms with Crippen molar-refractivity contribution in [2.45, 2.75) is 33.6 Å². The van der Waals surface area contributed by atoms with E-state index >= 15 is 0 Å². The largest absolute Gasteiger partial charge is 0.366 e. The van der Waals surface area contributed by atoms with E-state index < -0.39 is 11.8 Å². The highest BCUT2D eigenvalue weighted by Gasteiger charge is 2.35. The maximum atomic E-state index is 12.7. The highest BCUT2D eigenvalue weighted by molar-refractivity contribution is 6.01.